The number of nitrogens with one attached hydrogen (secondary N) is 1. The maximum absolute atomic E-state index is 5.98. The van der Waals surface area contributed by atoms with E-state index in [9.17, 15) is 0 Å². The number of hydrogen-bond acceptors (Lipinski definition) is 3. The second-order valence-electron chi connectivity index (χ2n) is 5.93. The van der Waals surface area contributed by atoms with Crippen molar-refractivity contribution in [2.45, 2.75) is 19.6 Å². The van der Waals surface area contributed by atoms with Crippen molar-refractivity contribution in [2.24, 2.45) is 0 Å². The highest BCUT2D eigenvalue weighted by Gasteiger charge is 2.15. The number of rotatable bonds is 4. The molecule has 0 saturated heterocycles. The smallest absolute Gasteiger partial charge is 0.134 e. The molecule has 0 saturated carbocycles. The minimum Gasteiger partial charge on any atom is -0.489 e. The highest BCUT2D eigenvalue weighted by Crippen LogP contribution is 2.29. The number of halogens is 1. The molecule has 2 heterocycles. The highest BCUT2D eigenvalue weighted by molar-refractivity contribution is 6.30. The molecule has 2 aromatic carbocycles. The van der Waals surface area contributed by atoms with Crippen LogP contribution in [0.2, 0.25) is 5.02 Å². The summed E-state index contributed by atoms with van der Waals surface area (Å²) in [7, 11) is 0. The molecule has 1 N–H and O–H groups in total. The van der Waals surface area contributed by atoms with Gasteiger partial charge < -0.3 is 14.5 Å². The number of furan rings is 1. The average Bonchev–Trinajstić information content (AvgIpc) is 3.06. The largest absolute Gasteiger partial charge is 0.489 e. The molecule has 1 aliphatic rings. The molecule has 4 heteroatoms. The van der Waals surface area contributed by atoms with Crippen molar-refractivity contribution in [3.05, 3.63) is 76.5 Å². The Morgan fingerprint density at radius 1 is 1.04 bits per heavy atom. The SMILES string of the molecule is Clc1ccc(COc2ccc(-c3cc4c(o3)CCNC4)cc2)cc1. The van der Waals surface area contributed by atoms with Gasteiger partial charge in [0.2, 0.25) is 0 Å². The molecule has 1 aliphatic heterocycles. The van der Waals surface area contributed by atoms with Crippen molar-refractivity contribution in [2.75, 3.05) is 6.54 Å². The Labute approximate surface area is 146 Å². The van der Waals surface area contributed by atoms with Gasteiger partial charge in [-0.05, 0) is 48.0 Å². The van der Waals surface area contributed by atoms with Gasteiger partial charge in [0.15, 0.2) is 0 Å². The molecule has 3 nitrogen and oxygen atoms in total. The molecule has 24 heavy (non-hydrogen) atoms. The molecule has 3 aromatic rings. The summed E-state index contributed by atoms with van der Waals surface area (Å²) < 4.78 is 11.8. The standard InChI is InChI=1S/C20H18ClNO2/c21-17-5-1-14(2-6-17)13-23-18-7-3-15(4-8-18)20-11-16-12-22-10-9-19(16)24-20/h1-8,11,22H,9-10,12-13H2. The van der Waals surface area contributed by atoms with Crippen molar-refractivity contribution >= 4 is 11.6 Å². The van der Waals surface area contributed by atoms with Crippen LogP contribution in [0.4, 0.5) is 0 Å². The Hall–Kier alpha value is -2.23. The normalized spacial score (nSPS) is 13.5. The van der Waals surface area contributed by atoms with Gasteiger partial charge in [-0.1, -0.05) is 23.7 Å². The van der Waals surface area contributed by atoms with Crippen LogP contribution in [0.3, 0.4) is 0 Å². The first-order valence-electron chi connectivity index (χ1n) is 8.08. The molecule has 0 bridgehead atoms. The van der Waals surface area contributed by atoms with Crippen LogP contribution in [-0.4, -0.2) is 6.54 Å². The first kappa shape index (κ1) is 15.3. The van der Waals surface area contributed by atoms with E-state index < -0.39 is 0 Å². The third-order valence-electron chi connectivity index (χ3n) is 4.20. The summed E-state index contributed by atoms with van der Waals surface area (Å²) in [4.78, 5) is 0. The predicted octanol–water partition coefficient (Wildman–Crippen LogP) is 4.82. The third kappa shape index (κ3) is 3.32. The molecule has 0 amide bonds. The topological polar surface area (TPSA) is 34.4 Å². The predicted molar refractivity (Wildman–Crippen MR) is 95.3 cm³/mol. The van der Waals surface area contributed by atoms with Crippen molar-refractivity contribution < 1.29 is 9.15 Å². The zero-order valence-corrected chi connectivity index (χ0v) is 14.0. The molecule has 0 fully saturated rings. The van der Waals surface area contributed by atoms with E-state index in [0.29, 0.717) is 6.61 Å². The lowest BCUT2D eigenvalue weighted by Gasteiger charge is -2.09. The maximum atomic E-state index is 5.98. The molecule has 0 radical (unpaired) electrons. The van der Waals surface area contributed by atoms with Crippen LogP contribution >= 0.6 is 11.6 Å². The van der Waals surface area contributed by atoms with Gasteiger partial charge in [-0.15, -0.1) is 0 Å². The fraction of sp³-hybridized carbons (Fsp3) is 0.200. The van der Waals surface area contributed by atoms with E-state index in [1.165, 1.54) is 5.56 Å². The second kappa shape index (κ2) is 6.71. The van der Waals surface area contributed by atoms with E-state index in [-0.39, 0.29) is 0 Å². The summed E-state index contributed by atoms with van der Waals surface area (Å²) in [6.07, 6.45) is 0.956. The molecular formula is C20H18ClNO2. The fourth-order valence-electron chi connectivity index (χ4n) is 2.86. The van der Waals surface area contributed by atoms with E-state index in [0.717, 1.165) is 52.9 Å². The second-order valence-corrected chi connectivity index (χ2v) is 6.36. The summed E-state index contributed by atoms with van der Waals surface area (Å²) in [5.74, 6) is 2.87. The zero-order chi connectivity index (χ0) is 16.4. The zero-order valence-electron chi connectivity index (χ0n) is 13.2. The van der Waals surface area contributed by atoms with Crippen molar-refractivity contribution in [3.63, 3.8) is 0 Å². The number of hydrogen-bond donors (Lipinski definition) is 1. The van der Waals surface area contributed by atoms with Crippen LogP contribution in [0.15, 0.2) is 59.0 Å². The van der Waals surface area contributed by atoms with Crippen LogP contribution < -0.4 is 10.1 Å². The Morgan fingerprint density at radius 3 is 2.58 bits per heavy atom. The van der Waals surface area contributed by atoms with Gasteiger partial charge in [0.05, 0.1) is 0 Å². The highest BCUT2D eigenvalue weighted by atomic mass is 35.5. The summed E-state index contributed by atoms with van der Waals surface area (Å²) in [5.41, 5.74) is 3.43. The van der Waals surface area contributed by atoms with Crippen molar-refractivity contribution in [3.8, 4) is 17.1 Å². The number of benzene rings is 2. The minimum absolute atomic E-state index is 0.525. The van der Waals surface area contributed by atoms with E-state index in [2.05, 4.69) is 11.4 Å². The first-order valence-corrected chi connectivity index (χ1v) is 8.46. The quantitative estimate of drug-likeness (QED) is 0.739. The molecule has 0 atom stereocenters. The van der Waals surface area contributed by atoms with Gasteiger partial charge in [-0.2, -0.15) is 0 Å². The minimum atomic E-state index is 0.525. The fourth-order valence-corrected chi connectivity index (χ4v) is 2.98. The van der Waals surface area contributed by atoms with Crippen molar-refractivity contribution in [1.82, 2.24) is 5.32 Å². The van der Waals surface area contributed by atoms with Crippen LogP contribution in [0.25, 0.3) is 11.3 Å². The van der Waals surface area contributed by atoms with Gasteiger partial charge in [0, 0.05) is 35.7 Å². The van der Waals surface area contributed by atoms with Gasteiger partial charge in [0.25, 0.3) is 0 Å². The summed E-state index contributed by atoms with van der Waals surface area (Å²) in [5, 5.41) is 4.10. The van der Waals surface area contributed by atoms with Crippen LogP contribution in [0.1, 0.15) is 16.9 Å². The van der Waals surface area contributed by atoms with Crippen LogP contribution in [0, 0.1) is 0 Å². The Morgan fingerprint density at radius 2 is 1.83 bits per heavy atom. The first-order chi connectivity index (χ1) is 11.8. The summed E-state index contributed by atoms with van der Waals surface area (Å²) in [6.45, 7) is 2.40. The van der Waals surface area contributed by atoms with E-state index >= 15 is 0 Å². The Kier molecular flexibility index (Phi) is 4.28. The van der Waals surface area contributed by atoms with Crippen LogP contribution in [0.5, 0.6) is 5.75 Å². The van der Waals surface area contributed by atoms with Gasteiger partial charge >= 0.3 is 0 Å². The van der Waals surface area contributed by atoms with Crippen LogP contribution in [-0.2, 0) is 19.6 Å². The third-order valence-corrected chi connectivity index (χ3v) is 4.45. The maximum Gasteiger partial charge on any atom is 0.134 e. The van der Waals surface area contributed by atoms with Gasteiger partial charge in [-0.25, -0.2) is 0 Å². The van der Waals surface area contributed by atoms with E-state index in [4.69, 9.17) is 20.8 Å². The molecular weight excluding hydrogens is 322 g/mol. The Balaban J connectivity index is 1.44. The van der Waals surface area contributed by atoms with Crippen molar-refractivity contribution in [1.29, 1.82) is 0 Å². The average molecular weight is 340 g/mol. The lowest BCUT2D eigenvalue weighted by molar-refractivity contribution is 0.306. The summed E-state index contributed by atoms with van der Waals surface area (Å²) >= 11 is 5.89. The Bertz CT molecular complexity index is 798. The molecule has 122 valence electrons. The number of ether oxygens (including phenoxy) is 1. The lowest BCUT2D eigenvalue weighted by atomic mass is 10.1. The van der Waals surface area contributed by atoms with E-state index in [1.807, 2.05) is 48.5 Å². The lowest BCUT2D eigenvalue weighted by Crippen LogP contribution is -2.22. The molecule has 0 unspecified atom stereocenters. The van der Waals surface area contributed by atoms with E-state index in [1.54, 1.807) is 0 Å². The molecule has 1 aromatic heterocycles. The molecule has 0 aliphatic carbocycles. The monoisotopic (exact) mass is 339 g/mol. The molecule has 4 rings (SSSR count). The molecule has 0 spiro atoms. The van der Waals surface area contributed by atoms with Gasteiger partial charge in [-0.3, -0.25) is 0 Å². The summed E-state index contributed by atoms with van der Waals surface area (Å²) in [6, 6.07) is 17.8. The van der Waals surface area contributed by atoms with Gasteiger partial charge in [0.1, 0.15) is 23.9 Å². The number of fused-ring (bicyclic) bond motifs is 1.